The number of piperazine rings is 1. The predicted octanol–water partition coefficient (Wildman–Crippen LogP) is -1.06. The van der Waals surface area contributed by atoms with Crippen LogP contribution in [0.2, 0.25) is 0 Å². The molecule has 0 spiro atoms. The van der Waals surface area contributed by atoms with Gasteiger partial charge in [0.25, 0.3) is 0 Å². The molecule has 0 aromatic heterocycles. The van der Waals surface area contributed by atoms with Gasteiger partial charge < -0.3 is 15.5 Å². The van der Waals surface area contributed by atoms with Crippen LogP contribution in [-0.2, 0) is 9.59 Å². The Morgan fingerprint density at radius 3 is 3.07 bits per heavy atom. The van der Waals surface area contributed by atoms with Gasteiger partial charge in [0.1, 0.15) is 0 Å². The summed E-state index contributed by atoms with van der Waals surface area (Å²) in [4.78, 5) is 24.4. The van der Waals surface area contributed by atoms with Crippen LogP contribution in [0.1, 0.15) is 13.8 Å². The summed E-state index contributed by atoms with van der Waals surface area (Å²) in [5.41, 5.74) is 0. The third-order valence-electron chi connectivity index (χ3n) is 2.22. The normalized spacial score (nSPS) is 22.3. The highest BCUT2D eigenvalue weighted by molar-refractivity contribution is 5.87. The van der Waals surface area contributed by atoms with E-state index in [2.05, 4.69) is 10.6 Å². The quantitative estimate of drug-likeness (QED) is 0.609. The Kier molecular flexibility index (Phi) is 3.88. The van der Waals surface area contributed by atoms with Gasteiger partial charge in [0.2, 0.25) is 11.8 Å². The topological polar surface area (TPSA) is 61.4 Å². The molecule has 1 aliphatic rings. The van der Waals surface area contributed by atoms with Gasteiger partial charge in [0, 0.05) is 19.6 Å². The van der Waals surface area contributed by atoms with Gasteiger partial charge in [-0.3, -0.25) is 9.59 Å². The van der Waals surface area contributed by atoms with E-state index in [0.29, 0.717) is 13.1 Å². The fourth-order valence-electron chi connectivity index (χ4n) is 1.47. The number of amides is 2. The van der Waals surface area contributed by atoms with Crippen LogP contribution in [0.4, 0.5) is 0 Å². The highest BCUT2D eigenvalue weighted by atomic mass is 16.2. The summed E-state index contributed by atoms with van der Waals surface area (Å²) in [5, 5.41) is 5.72. The highest BCUT2D eigenvalue weighted by Crippen LogP contribution is 1.99. The lowest BCUT2D eigenvalue weighted by Gasteiger charge is -2.30. The summed E-state index contributed by atoms with van der Waals surface area (Å²) in [6, 6.07) is -0.168. The minimum atomic E-state index is -0.168. The Morgan fingerprint density at radius 1 is 1.71 bits per heavy atom. The number of carbonyl (C=O) groups excluding carboxylic acids is 2. The Balaban J connectivity index is 2.43. The van der Waals surface area contributed by atoms with Crippen molar-refractivity contribution in [1.82, 2.24) is 15.5 Å². The van der Waals surface area contributed by atoms with Crippen LogP contribution in [0.5, 0.6) is 0 Å². The number of likely N-dealkylation sites (N-methyl/N-ethyl adjacent to an activating group) is 1. The summed E-state index contributed by atoms with van der Waals surface area (Å²) in [6.45, 7) is 5.83. The molecular formula is C9H17N3O2. The van der Waals surface area contributed by atoms with Crippen LogP contribution in [0.15, 0.2) is 0 Å². The fraction of sp³-hybridized carbons (Fsp3) is 0.778. The van der Waals surface area contributed by atoms with Crippen molar-refractivity contribution in [3.8, 4) is 0 Å². The number of carbonyl (C=O) groups is 2. The van der Waals surface area contributed by atoms with Crippen molar-refractivity contribution in [1.29, 1.82) is 0 Å². The van der Waals surface area contributed by atoms with E-state index in [9.17, 15) is 9.59 Å². The maximum absolute atomic E-state index is 11.5. The molecule has 0 aromatic carbocycles. The predicted molar refractivity (Wildman–Crippen MR) is 52.7 cm³/mol. The Labute approximate surface area is 83.8 Å². The first-order chi connectivity index (χ1) is 6.65. The third-order valence-corrected chi connectivity index (χ3v) is 2.22. The first-order valence-corrected chi connectivity index (χ1v) is 4.94. The number of hydrogen-bond donors (Lipinski definition) is 2. The van der Waals surface area contributed by atoms with Crippen molar-refractivity contribution >= 4 is 11.8 Å². The Hall–Kier alpha value is -1.10. The minimum absolute atomic E-state index is 0.00232. The second-order valence-electron chi connectivity index (χ2n) is 3.39. The van der Waals surface area contributed by atoms with Crippen molar-refractivity contribution in [3.05, 3.63) is 0 Å². The lowest BCUT2D eigenvalue weighted by molar-refractivity contribution is -0.139. The van der Waals surface area contributed by atoms with Crippen LogP contribution >= 0.6 is 0 Å². The molecular weight excluding hydrogens is 182 g/mol. The largest absolute Gasteiger partial charge is 0.355 e. The number of nitrogens with zero attached hydrogens (tertiary/aromatic N) is 1. The second kappa shape index (κ2) is 4.95. The standard InChI is InChI=1S/C9H17N3O2/c1-3-10-8(13)6-12-5-4-11-7(2)9(12)14/h7,11H,3-6H2,1-2H3,(H,10,13). The van der Waals surface area contributed by atoms with Gasteiger partial charge in [-0.1, -0.05) is 0 Å². The van der Waals surface area contributed by atoms with Crippen molar-refractivity contribution in [3.63, 3.8) is 0 Å². The van der Waals surface area contributed by atoms with E-state index >= 15 is 0 Å². The molecule has 1 unspecified atom stereocenters. The fourth-order valence-corrected chi connectivity index (χ4v) is 1.47. The number of nitrogens with one attached hydrogen (secondary N) is 2. The lowest BCUT2D eigenvalue weighted by atomic mass is 10.2. The smallest absolute Gasteiger partial charge is 0.239 e. The molecule has 1 heterocycles. The molecule has 0 aromatic rings. The van der Waals surface area contributed by atoms with Crippen LogP contribution in [0.3, 0.4) is 0 Å². The third kappa shape index (κ3) is 2.70. The molecule has 1 atom stereocenters. The van der Waals surface area contributed by atoms with Crippen molar-refractivity contribution in [2.75, 3.05) is 26.2 Å². The van der Waals surface area contributed by atoms with Crippen LogP contribution in [0, 0.1) is 0 Å². The molecule has 5 heteroatoms. The summed E-state index contributed by atoms with van der Waals surface area (Å²) in [5.74, 6) is -0.0857. The van der Waals surface area contributed by atoms with Gasteiger partial charge in [-0.05, 0) is 13.8 Å². The molecule has 80 valence electrons. The molecule has 1 fully saturated rings. The highest BCUT2D eigenvalue weighted by Gasteiger charge is 2.25. The maximum atomic E-state index is 11.5. The van der Waals surface area contributed by atoms with Crippen LogP contribution in [0.25, 0.3) is 0 Å². The van der Waals surface area contributed by atoms with E-state index in [1.165, 1.54) is 0 Å². The molecule has 0 radical (unpaired) electrons. The molecule has 1 rings (SSSR count). The summed E-state index contributed by atoms with van der Waals surface area (Å²) in [6.07, 6.45) is 0. The average molecular weight is 199 g/mol. The Morgan fingerprint density at radius 2 is 2.43 bits per heavy atom. The summed E-state index contributed by atoms with van der Waals surface area (Å²) in [7, 11) is 0. The van der Waals surface area contributed by atoms with Crippen molar-refractivity contribution < 1.29 is 9.59 Å². The van der Waals surface area contributed by atoms with Gasteiger partial charge in [-0.2, -0.15) is 0 Å². The summed E-state index contributed by atoms with van der Waals surface area (Å²) >= 11 is 0. The lowest BCUT2D eigenvalue weighted by Crippen LogP contribution is -2.55. The van der Waals surface area contributed by atoms with Crippen molar-refractivity contribution in [2.45, 2.75) is 19.9 Å². The van der Waals surface area contributed by atoms with Crippen molar-refractivity contribution in [2.24, 2.45) is 0 Å². The van der Waals surface area contributed by atoms with Crippen LogP contribution < -0.4 is 10.6 Å². The molecule has 1 aliphatic heterocycles. The Bertz CT molecular complexity index is 230. The molecule has 2 amide bonds. The first-order valence-electron chi connectivity index (χ1n) is 4.94. The van der Waals surface area contributed by atoms with E-state index < -0.39 is 0 Å². The zero-order chi connectivity index (χ0) is 10.6. The minimum Gasteiger partial charge on any atom is -0.355 e. The SMILES string of the molecule is CCNC(=O)CN1CCNC(C)C1=O. The zero-order valence-electron chi connectivity index (χ0n) is 8.67. The van der Waals surface area contributed by atoms with Gasteiger partial charge in [-0.25, -0.2) is 0 Å². The van der Waals surface area contributed by atoms with Gasteiger partial charge in [0.05, 0.1) is 12.6 Å². The second-order valence-corrected chi connectivity index (χ2v) is 3.39. The van der Waals surface area contributed by atoms with E-state index in [1.807, 2.05) is 13.8 Å². The van der Waals surface area contributed by atoms with E-state index in [-0.39, 0.29) is 24.4 Å². The molecule has 2 N–H and O–H groups in total. The van der Waals surface area contributed by atoms with Gasteiger partial charge >= 0.3 is 0 Å². The molecule has 0 aliphatic carbocycles. The molecule has 0 bridgehead atoms. The van der Waals surface area contributed by atoms with E-state index in [0.717, 1.165) is 6.54 Å². The number of hydrogen-bond acceptors (Lipinski definition) is 3. The molecule has 5 nitrogen and oxygen atoms in total. The molecule has 0 saturated carbocycles. The van der Waals surface area contributed by atoms with E-state index in [4.69, 9.17) is 0 Å². The van der Waals surface area contributed by atoms with E-state index in [1.54, 1.807) is 4.90 Å². The maximum Gasteiger partial charge on any atom is 0.239 e. The first kappa shape index (κ1) is 11.0. The van der Waals surface area contributed by atoms with Gasteiger partial charge in [0.15, 0.2) is 0 Å². The average Bonchev–Trinajstić information content (AvgIpc) is 2.13. The monoisotopic (exact) mass is 199 g/mol. The summed E-state index contributed by atoms with van der Waals surface area (Å²) < 4.78 is 0. The number of rotatable bonds is 3. The van der Waals surface area contributed by atoms with Gasteiger partial charge in [-0.15, -0.1) is 0 Å². The zero-order valence-corrected chi connectivity index (χ0v) is 8.67. The van der Waals surface area contributed by atoms with Crippen LogP contribution in [-0.4, -0.2) is 48.9 Å². The molecule has 1 saturated heterocycles. The molecule has 14 heavy (non-hydrogen) atoms.